The Balaban J connectivity index is 2.13. The number of hydrogen-bond donors (Lipinski definition) is 0. The lowest BCUT2D eigenvalue weighted by molar-refractivity contribution is 0.0817. The van der Waals surface area contributed by atoms with Gasteiger partial charge < -0.3 is 4.74 Å². The maximum Gasteiger partial charge on any atom is 0.202 e. The van der Waals surface area contributed by atoms with Crippen molar-refractivity contribution in [1.82, 2.24) is 0 Å². The second kappa shape index (κ2) is 6.22. The van der Waals surface area contributed by atoms with E-state index in [-0.39, 0.29) is 5.78 Å². The van der Waals surface area contributed by atoms with E-state index in [2.05, 4.69) is 15.9 Å². The summed E-state index contributed by atoms with van der Waals surface area (Å²) in [6.07, 6.45) is -0.556. The number of benzene rings is 2. The fourth-order valence-corrected chi connectivity index (χ4v) is 2.43. The highest BCUT2D eigenvalue weighted by Gasteiger charge is 2.17. The van der Waals surface area contributed by atoms with E-state index in [9.17, 15) is 4.79 Å². The van der Waals surface area contributed by atoms with Crippen LogP contribution in [0.25, 0.3) is 0 Å². The maximum atomic E-state index is 12.2. The van der Waals surface area contributed by atoms with Crippen molar-refractivity contribution in [3.63, 3.8) is 0 Å². The molecule has 0 saturated heterocycles. The van der Waals surface area contributed by atoms with Gasteiger partial charge in [-0.2, -0.15) is 0 Å². The van der Waals surface area contributed by atoms with E-state index in [1.807, 2.05) is 18.2 Å². The molecule has 0 heterocycles. The number of Topliss-reactive ketones (excluding diaryl/α,β-unsaturated/α-hetero) is 1. The van der Waals surface area contributed by atoms with Crippen LogP contribution in [-0.4, -0.2) is 11.9 Å². The van der Waals surface area contributed by atoms with Crippen LogP contribution in [0.15, 0.2) is 53.0 Å². The summed E-state index contributed by atoms with van der Waals surface area (Å²) in [5.74, 6) is 0.545. The van der Waals surface area contributed by atoms with Gasteiger partial charge in [-0.25, -0.2) is 0 Å². The summed E-state index contributed by atoms with van der Waals surface area (Å²) >= 11 is 9.22. The predicted molar refractivity (Wildman–Crippen MR) is 80.0 cm³/mol. The van der Waals surface area contributed by atoms with Crippen molar-refractivity contribution >= 4 is 33.3 Å². The normalized spacial score (nSPS) is 11.9. The number of carbonyl (C=O) groups is 1. The predicted octanol–water partition coefficient (Wildman–Crippen LogP) is 4.75. The number of hydrogen-bond acceptors (Lipinski definition) is 2. The largest absolute Gasteiger partial charge is 0.481 e. The summed E-state index contributed by atoms with van der Waals surface area (Å²) in [5, 5.41) is 0.612. The summed E-state index contributed by atoms with van der Waals surface area (Å²) in [7, 11) is 0. The molecule has 0 radical (unpaired) electrons. The first-order valence-corrected chi connectivity index (χ1v) is 6.96. The highest BCUT2D eigenvalue weighted by molar-refractivity contribution is 9.10. The van der Waals surface area contributed by atoms with Gasteiger partial charge in [-0.15, -0.1) is 0 Å². The minimum atomic E-state index is -0.556. The first kappa shape index (κ1) is 14.1. The quantitative estimate of drug-likeness (QED) is 0.751. The first-order chi connectivity index (χ1) is 9.08. The molecule has 19 heavy (non-hydrogen) atoms. The fourth-order valence-electron chi connectivity index (χ4n) is 1.65. The topological polar surface area (TPSA) is 26.3 Å². The number of ketones is 1. The lowest BCUT2D eigenvalue weighted by atomic mass is 10.1. The summed E-state index contributed by atoms with van der Waals surface area (Å²) in [4.78, 5) is 12.2. The van der Waals surface area contributed by atoms with Gasteiger partial charge in [0.2, 0.25) is 5.78 Å². The second-order valence-corrected chi connectivity index (χ2v) is 5.36. The van der Waals surface area contributed by atoms with E-state index in [0.29, 0.717) is 16.3 Å². The average molecular weight is 340 g/mol. The van der Waals surface area contributed by atoms with Gasteiger partial charge in [0.25, 0.3) is 0 Å². The molecule has 0 unspecified atom stereocenters. The molecule has 0 saturated carbocycles. The fraction of sp³-hybridized carbons (Fsp3) is 0.133. The Labute approximate surface area is 125 Å². The van der Waals surface area contributed by atoms with Crippen LogP contribution < -0.4 is 4.74 Å². The zero-order valence-electron chi connectivity index (χ0n) is 10.3. The molecule has 4 heteroatoms. The molecule has 0 bridgehead atoms. The highest BCUT2D eigenvalue weighted by atomic mass is 79.9. The molecule has 0 aliphatic rings. The molecular weight excluding hydrogens is 328 g/mol. The van der Waals surface area contributed by atoms with Gasteiger partial charge in [-0.1, -0.05) is 41.9 Å². The van der Waals surface area contributed by atoms with Crippen LogP contribution in [-0.2, 0) is 0 Å². The van der Waals surface area contributed by atoms with Gasteiger partial charge >= 0.3 is 0 Å². The van der Waals surface area contributed by atoms with Crippen LogP contribution >= 0.6 is 27.5 Å². The molecule has 2 rings (SSSR count). The molecule has 98 valence electrons. The summed E-state index contributed by atoms with van der Waals surface area (Å²) in [6, 6.07) is 14.3. The summed E-state index contributed by atoms with van der Waals surface area (Å²) < 4.78 is 6.39. The number of halogens is 2. The smallest absolute Gasteiger partial charge is 0.202 e. The van der Waals surface area contributed by atoms with Crippen molar-refractivity contribution in [2.45, 2.75) is 13.0 Å². The zero-order valence-corrected chi connectivity index (χ0v) is 12.6. The SMILES string of the molecule is C[C@H](Oc1ccc(Cl)cc1Br)C(=O)c1ccccc1. The molecule has 0 aliphatic carbocycles. The molecule has 0 aliphatic heterocycles. The van der Waals surface area contributed by atoms with Crippen LogP contribution in [0.4, 0.5) is 0 Å². The highest BCUT2D eigenvalue weighted by Crippen LogP contribution is 2.29. The molecular formula is C15H12BrClO2. The Morgan fingerprint density at radius 3 is 2.53 bits per heavy atom. The molecule has 0 fully saturated rings. The van der Waals surface area contributed by atoms with Gasteiger partial charge in [-0.05, 0) is 41.1 Å². The van der Waals surface area contributed by atoms with Gasteiger partial charge in [-0.3, -0.25) is 4.79 Å². The summed E-state index contributed by atoms with van der Waals surface area (Å²) in [6.45, 7) is 1.73. The number of ether oxygens (including phenoxy) is 1. The third-order valence-corrected chi connectivity index (χ3v) is 3.48. The van der Waals surface area contributed by atoms with E-state index in [0.717, 1.165) is 4.47 Å². The molecule has 2 aromatic rings. The summed E-state index contributed by atoms with van der Waals surface area (Å²) in [5.41, 5.74) is 0.639. The van der Waals surface area contributed by atoms with Gasteiger partial charge in [0.15, 0.2) is 6.10 Å². The Morgan fingerprint density at radius 1 is 1.21 bits per heavy atom. The Hall–Kier alpha value is -1.32. The zero-order chi connectivity index (χ0) is 13.8. The van der Waals surface area contributed by atoms with E-state index < -0.39 is 6.10 Å². The lowest BCUT2D eigenvalue weighted by Crippen LogP contribution is -2.23. The Bertz CT molecular complexity index is 584. The van der Waals surface area contributed by atoms with Crippen molar-refractivity contribution in [2.24, 2.45) is 0 Å². The van der Waals surface area contributed by atoms with Gasteiger partial charge in [0.1, 0.15) is 5.75 Å². The molecule has 0 amide bonds. The van der Waals surface area contributed by atoms with Gasteiger partial charge in [0, 0.05) is 10.6 Å². The number of rotatable bonds is 4. The van der Waals surface area contributed by atoms with Crippen molar-refractivity contribution < 1.29 is 9.53 Å². The third-order valence-electron chi connectivity index (χ3n) is 2.63. The van der Waals surface area contributed by atoms with Gasteiger partial charge in [0.05, 0.1) is 4.47 Å². The van der Waals surface area contributed by atoms with E-state index in [4.69, 9.17) is 16.3 Å². The molecule has 2 aromatic carbocycles. The van der Waals surface area contributed by atoms with Crippen molar-refractivity contribution in [3.05, 3.63) is 63.6 Å². The average Bonchev–Trinajstić information content (AvgIpc) is 2.42. The molecule has 0 N–H and O–H groups in total. The molecule has 0 spiro atoms. The van der Waals surface area contributed by atoms with Crippen LogP contribution in [0.5, 0.6) is 5.75 Å². The maximum absolute atomic E-state index is 12.2. The van der Waals surface area contributed by atoms with Crippen LogP contribution in [0.3, 0.4) is 0 Å². The standard InChI is InChI=1S/C15H12BrClO2/c1-10(15(18)11-5-3-2-4-6-11)19-14-8-7-12(17)9-13(14)16/h2-10H,1H3/t10-/m0/s1. The molecule has 1 atom stereocenters. The van der Waals surface area contributed by atoms with Crippen LogP contribution in [0.2, 0.25) is 5.02 Å². The number of carbonyl (C=O) groups excluding carboxylic acids is 1. The minimum absolute atomic E-state index is 0.0533. The molecule has 0 aromatic heterocycles. The second-order valence-electron chi connectivity index (χ2n) is 4.07. The Morgan fingerprint density at radius 2 is 1.89 bits per heavy atom. The first-order valence-electron chi connectivity index (χ1n) is 5.79. The Kier molecular flexibility index (Phi) is 4.61. The van der Waals surface area contributed by atoms with E-state index in [1.54, 1.807) is 37.3 Å². The van der Waals surface area contributed by atoms with E-state index >= 15 is 0 Å². The van der Waals surface area contributed by atoms with Crippen molar-refractivity contribution in [2.75, 3.05) is 0 Å². The van der Waals surface area contributed by atoms with E-state index in [1.165, 1.54) is 0 Å². The van der Waals surface area contributed by atoms with Crippen molar-refractivity contribution in [3.8, 4) is 5.75 Å². The minimum Gasteiger partial charge on any atom is -0.481 e. The third kappa shape index (κ3) is 3.58. The van der Waals surface area contributed by atoms with Crippen molar-refractivity contribution in [1.29, 1.82) is 0 Å². The monoisotopic (exact) mass is 338 g/mol. The molecule has 2 nitrogen and oxygen atoms in total. The van der Waals surface area contributed by atoms with Crippen LogP contribution in [0, 0.1) is 0 Å². The van der Waals surface area contributed by atoms with Crippen LogP contribution in [0.1, 0.15) is 17.3 Å². The lowest BCUT2D eigenvalue weighted by Gasteiger charge is -2.15.